The third-order valence-electron chi connectivity index (χ3n) is 3.94. The molecule has 0 radical (unpaired) electrons. The summed E-state index contributed by atoms with van der Waals surface area (Å²) in [7, 11) is 0. The number of benzene rings is 1. The van der Waals surface area contributed by atoms with Crippen LogP contribution in [0.1, 0.15) is 31.1 Å². The van der Waals surface area contributed by atoms with Crippen LogP contribution in [0.5, 0.6) is 0 Å². The van der Waals surface area contributed by atoms with E-state index in [9.17, 15) is 18.0 Å². The summed E-state index contributed by atoms with van der Waals surface area (Å²) in [6, 6.07) is 5.05. The van der Waals surface area contributed by atoms with Gasteiger partial charge in [-0.2, -0.15) is 13.2 Å². The molecule has 1 amide bonds. The smallest absolute Gasteiger partial charge is 0.362 e. The number of aryl methyl sites for hydroxylation is 1. The number of alkyl halides is 3. The Kier molecular flexibility index (Phi) is 2.52. The third kappa shape index (κ3) is 1.74. The summed E-state index contributed by atoms with van der Waals surface area (Å²) >= 11 is 0. The molecule has 2 atom stereocenters. The molecule has 1 aromatic carbocycles. The first-order valence-electron chi connectivity index (χ1n) is 6.31. The van der Waals surface area contributed by atoms with Crippen molar-refractivity contribution in [2.45, 2.75) is 44.7 Å². The molecule has 1 fully saturated rings. The van der Waals surface area contributed by atoms with Crippen LogP contribution in [0.25, 0.3) is 0 Å². The maximum absolute atomic E-state index is 12.9. The van der Waals surface area contributed by atoms with Crippen molar-refractivity contribution in [2.24, 2.45) is 0 Å². The lowest BCUT2D eigenvalue weighted by molar-refractivity contribution is -0.171. The van der Waals surface area contributed by atoms with Crippen LogP contribution in [0.4, 0.5) is 18.9 Å². The number of rotatable bonds is 0. The van der Waals surface area contributed by atoms with Gasteiger partial charge in [0.25, 0.3) is 0 Å². The van der Waals surface area contributed by atoms with E-state index in [0.717, 1.165) is 10.5 Å². The molecule has 1 aromatic rings. The van der Waals surface area contributed by atoms with Gasteiger partial charge in [0, 0.05) is 5.56 Å². The normalized spacial score (nSPS) is 26.8. The van der Waals surface area contributed by atoms with E-state index in [1.807, 2.05) is 6.92 Å². The number of anilines is 1. The summed E-state index contributed by atoms with van der Waals surface area (Å²) in [5.74, 6) is -1.85. The Bertz CT molecular complexity index is 595. The molecule has 0 saturated carbocycles. The van der Waals surface area contributed by atoms with Crippen LogP contribution in [0.15, 0.2) is 18.2 Å². The predicted molar refractivity (Wildman–Crippen MR) is 66.4 cm³/mol. The number of hydrogen-bond donors (Lipinski definition) is 0. The van der Waals surface area contributed by atoms with Gasteiger partial charge in [0.2, 0.25) is 0 Å². The number of ether oxygens (including phenoxy) is 1. The Morgan fingerprint density at radius 2 is 2.00 bits per heavy atom. The monoisotopic (exact) mass is 285 g/mol. The highest BCUT2D eigenvalue weighted by molar-refractivity contribution is 6.00. The second kappa shape index (κ2) is 3.75. The highest BCUT2D eigenvalue weighted by Gasteiger charge is 2.62. The van der Waals surface area contributed by atoms with Gasteiger partial charge in [-0.25, -0.2) is 0 Å². The average Bonchev–Trinajstić information content (AvgIpc) is 3.09. The minimum absolute atomic E-state index is 0.211. The van der Waals surface area contributed by atoms with E-state index >= 15 is 0 Å². The van der Waals surface area contributed by atoms with Gasteiger partial charge in [-0.15, -0.1) is 0 Å². The summed E-state index contributed by atoms with van der Waals surface area (Å²) in [4.78, 5) is 12.6. The fourth-order valence-electron chi connectivity index (χ4n) is 2.93. The Labute approximate surface area is 114 Å². The van der Waals surface area contributed by atoms with Gasteiger partial charge in [0.15, 0.2) is 0 Å². The number of carbonyl (C=O) groups excluding carboxylic acids is 1. The molecular formula is C14H14F3NO2. The molecule has 20 heavy (non-hydrogen) atoms. The molecule has 0 aliphatic carbocycles. The van der Waals surface area contributed by atoms with E-state index < -0.39 is 17.6 Å². The van der Waals surface area contributed by atoms with Gasteiger partial charge in [-0.3, -0.25) is 9.69 Å². The first-order chi connectivity index (χ1) is 9.14. The molecule has 3 nitrogen and oxygen atoms in total. The molecule has 6 heteroatoms. The largest absolute Gasteiger partial charge is 0.471 e. The zero-order valence-electron chi connectivity index (χ0n) is 11.3. The highest BCUT2D eigenvalue weighted by Crippen LogP contribution is 2.56. The molecule has 3 rings (SSSR count). The number of halogens is 3. The van der Waals surface area contributed by atoms with Crippen molar-refractivity contribution in [3.05, 3.63) is 29.3 Å². The average molecular weight is 285 g/mol. The van der Waals surface area contributed by atoms with Gasteiger partial charge in [-0.05, 0) is 26.8 Å². The second-order valence-electron chi connectivity index (χ2n) is 5.83. The Balaban J connectivity index is 2.16. The van der Waals surface area contributed by atoms with Crippen molar-refractivity contribution < 1.29 is 22.7 Å². The minimum Gasteiger partial charge on any atom is -0.362 e. The Morgan fingerprint density at radius 3 is 2.60 bits per heavy atom. The lowest BCUT2D eigenvalue weighted by Crippen LogP contribution is -2.57. The maximum Gasteiger partial charge on any atom is 0.471 e. The molecule has 0 bridgehead atoms. The van der Waals surface area contributed by atoms with E-state index in [1.54, 1.807) is 32.0 Å². The van der Waals surface area contributed by atoms with E-state index in [4.69, 9.17) is 4.74 Å². The predicted octanol–water partition coefficient (Wildman–Crippen LogP) is 3.12. The topological polar surface area (TPSA) is 32.8 Å². The van der Waals surface area contributed by atoms with E-state index in [0.29, 0.717) is 11.3 Å². The maximum atomic E-state index is 12.9. The minimum atomic E-state index is -4.90. The molecule has 0 N–H and O–H groups in total. The fraction of sp³-hybridized carbons (Fsp3) is 0.500. The van der Waals surface area contributed by atoms with Crippen LogP contribution >= 0.6 is 0 Å². The van der Waals surface area contributed by atoms with Crippen LogP contribution < -0.4 is 4.90 Å². The number of amides is 1. The summed E-state index contributed by atoms with van der Waals surface area (Å²) in [5.41, 5.74) is 0.866. The number of hydrogen-bond acceptors (Lipinski definition) is 2. The van der Waals surface area contributed by atoms with Crippen molar-refractivity contribution in [3.8, 4) is 0 Å². The van der Waals surface area contributed by atoms with Crippen LogP contribution in [0, 0.1) is 6.92 Å². The highest BCUT2D eigenvalue weighted by atomic mass is 19.4. The van der Waals surface area contributed by atoms with Crippen molar-refractivity contribution >= 4 is 11.6 Å². The molecule has 108 valence electrons. The Hall–Kier alpha value is -1.56. The van der Waals surface area contributed by atoms with Gasteiger partial charge in [0.05, 0.1) is 11.2 Å². The van der Waals surface area contributed by atoms with Crippen LogP contribution in [0.3, 0.4) is 0 Å². The first kappa shape index (κ1) is 13.4. The van der Waals surface area contributed by atoms with E-state index in [-0.39, 0.29) is 12.2 Å². The number of carbonyl (C=O) groups is 1. The summed E-state index contributed by atoms with van der Waals surface area (Å²) in [6.07, 6.45) is -5.50. The molecule has 2 unspecified atom stereocenters. The molecule has 2 heterocycles. The van der Waals surface area contributed by atoms with E-state index in [1.165, 1.54) is 0 Å². The quantitative estimate of drug-likeness (QED) is 0.686. The van der Waals surface area contributed by atoms with Gasteiger partial charge in [0.1, 0.15) is 12.2 Å². The van der Waals surface area contributed by atoms with Crippen LogP contribution in [0.2, 0.25) is 0 Å². The second-order valence-corrected chi connectivity index (χ2v) is 5.83. The van der Waals surface area contributed by atoms with Crippen molar-refractivity contribution in [3.63, 3.8) is 0 Å². The number of fused-ring (bicyclic) bond motifs is 3. The van der Waals surface area contributed by atoms with Crippen LogP contribution in [-0.4, -0.2) is 23.7 Å². The first-order valence-corrected chi connectivity index (χ1v) is 6.31. The standard InChI is InChI=1S/C14H14F3NO2/c1-7-4-5-9-8(6-7)10-11(20-10)13(2,3)18(9)12(19)14(15,16)17/h4-6,10-11H,1-3H3. The molecule has 0 aromatic heterocycles. The molecule has 2 aliphatic rings. The third-order valence-corrected chi connectivity index (χ3v) is 3.94. The lowest BCUT2D eigenvalue weighted by atomic mass is 9.86. The van der Waals surface area contributed by atoms with E-state index in [2.05, 4.69) is 0 Å². The molecule has 2 aliphatic heterocycles. The van der Waals surface area contributed by atoms with Gasteiger partial charge in [-0.1, -0.05) is 17.7 Å². The van der Waals surface area contributed by atoms with Gasteiger partial charge < -0.3 is 4.74 Å². The lowest BCUT2D eigenvalue weighted by Gasteiger charge is -2.41. The van der Waals surface area contributed by atoms with Crippen molar-refractivity contribution in [2.75, 3.05) is 4.90 Å². The molecule has 1 saturated heterocycles. The van der Waals surface area contributed by atoms with Crippen molar-refractivity contribution in [1.82, 2.24) is 0 Å². The fourth-order valence-corrected chi connectivity index (χ4v) is 2.93. The van der Waals surface area contributed by atoms with Crippen LogP contribution in [-0.2, 0) is 9.53 Å². The number of nitrogens with zero attached hydrogens (tertiary/aromatic N) is 1. The zero-order valence-corrected chi connectivity index (χ0v) is 11.3. The molecular weight excluding hydrogens is 271 g/mol. The van der Waals surface area contributed by atoms with Gasteiger partial charge >= 0.3 is 12.1 Å². The summed E-state index contributed by atoms with van der Waals surface area (Å²) in [6.45, 7) is 5.06. The van der Waals surface area contributed by atoms with Crippen molar-refractivity contribution in [1.29, 1.82) is 0 Å². The number of epoxide rings is 1. The molecule has 0 spiro atoms. The summed E-state index contributed by atoms with van der Waals surface area (Å²) < 4.78 is 44.1. The SMILES string of the molecule is Cc1ccc2c(c1)C1OC1C(C)(C)N2C(=O)C(F)(F)F. The summed E-state index contributed by atoms with van der Waals surface area (Å²) in [5, 5.41) is 0. The zero-order chi connectivity index (χ0) is 14.9. The Morgan fingerprint density at radius 1 is 1.35 bits per heavy atom.